The van der Waals surface area contributed by atoms with Crippen molar-refractivity contribution < 1.29 is 18.9 Å². The van der Waals surface area contributed by atoms with Crippen LogP contribution in [-0.2, 0) is 21.6 Å². The second kappa shape index (κ2) is 11.4. The zero-order valence-electron chi connectivity index (χ0n) is 24.2. The lowest BCUT2D eigenvalue weighted by molar-refractivity contribution is -0.0804. The van der Waals surface area contributed by atoms with Gasteiger partial charge in [-0.15, -0.1) is 0 Å². The van der Waals surface area contributed by atoms with Crippen LogP contribution in [0, 0.1) is 0 Å². The number of benzene rings is 3. The number of nitrogens with two attached hydrogens (primary N) is 1. The quantitative estimate of drug-likeness (QED) is 0.184. The largest absolute Gasteiger partial charge is 0.497 e. The Morgan fingerprint density at radius 3 is 2.16 bits per heavy atom. The molecule has 3 heterocycles. The average molecular weight is 580 g/mol. The van der Waals surface area contributed by atoms with Crippen molar-refractivity contribution in [3.05, 3.63) is 124 Å². The summed E-state index contributed by atoms with van der Waals surface area (Å²) in [7, 11) is 3.30. The van der Waals surface area contributed by atoms with E-state index >= 15 is 0 Å². The molecule has 6 rings (SSSR count). The maximum Gasteiger partial charge on any atom is 0.280 e. The van der Waals surface area contributed by atoms with Crippen LogP contribution in [0.3, 0.4) is 0 Å². The number of H-pyrrole nitrogens is 1. The third-order valence-corrected chi connectivity index (χ3v) is 7.71. The van der Waals surface area contributed by atoms with E-state index in [1.807, 2.05) is 73.7 Å². The molecule has 0 fully saturated rings. The van der Waals surface area contributed by atoms with Crippen LogP contribution in [0.4, 0.5) is 5.95 Å². The summed E-state index contributed by atoms with van der Waals surface area (Å²) in [5, 5.41) is 0. The van der Waals surface area contributed by atoms with Gasteiger partial charge in [0.1, 0.15) is 22.7 Å². The fourth-order valence-corrected chi connectivity index (χ4v) is 5.58. The van der Waals surface area contributed by atoms with Gasteiger partial charge < -0.3 is 29.2 Å². The van der Waals surface area contributed by atoms with Crippen molar-refractivity contribution in [1.29, 1.82) is 0 Å². The lowest BCUT2D eigenvalue weighted by atomic mass is 9.79. The highest BCUT2D eigenvalue weighted by Crippen LogP contribution is 2.43. The maximum absolute atomic E-state index is 12.2. The van der Waals surface area contributed by atoms with Crippen molar-refractivity contribution >= 4 is 17.1 Å². The summed E-state index contributed by atoms with van der Waals surface area (Å²) >= 11 is 0. The number of fused-ring (bicyclic) bond motifs is 1. The molecule has 0 saturated heterocycles. The minimum atomic E-state index is -0.966. The van der Waals surface area contributed by atoms with Gasteiger partial charge in [-0.05, 0) is 59.5 Å². The first-order chi connectivity index (χ1) is 20.8. The molecule has 220 valence electrons. The third-order valence-electron chi connectivity index (χ3n) is 7.71. The first kappa shape index (κ1) is 28.2. The van der Waals surface area contributed by atoms with Gasteiger partial charge in [0.2, 0.25) is 5.95 Å². The van der Waals surface area contributed by atoms with Crippen molar-refractivity contribution in [3.8, 4) is 11.5 Å². The SMILES string of the molecule is COc1ccc(C(OCC2(C)C=C(Cn3cnc4c(=O)[nH]c(N)nc43)CO2)(c2ccccc2)c2ccc(OC)cc2)cc1. The predicted octanol–water partition coefficient (Wildman–Crippen LogP) is 4.44. The van der Waals surface area contributed by atoms with E-state index in [0.717, 1.165) is 33.8 Å². The lowest BCUT2D eigenvalue weighted by Crippen LogP contribution is -2.39. The van der Waals surface area contributed by atoms with Crippen molar-refractivity contribution in [2.24, 2.45) is 0 Å². The van der Waals surface area contributed by atoms with E-state index in [4.69, 9.17) is 24.7 Å². The minimum Gasteiger partial charge on any atom is -0.497 e. The van der Waals surface area contributed by atoms with Gasteiger partial charge in [-0.25, -0.2) is 4.98 Å². The normalized spacial score (nSPS) is 16.8. The highest BCUT2D eigenvalue weighted by molar-refractivity contribution is 5.70. The number of hydrogen-bond acceptors (Lipinski definition) is 8. The van der Waals surface area contributed by atoms with Gasteiger partial charge in [0.15, 0.2) is 11.2 Å². The summed E-state index contributed by atoms with van der Waals surface area (Å²) in [5.41, 5.74) is 8.24. The molecule has 5 aromatic rings. The molecule has 0 spiro atoms. The summed E-state index contributed by atoms with van der Waals surface area (Å²) in [6.45, 7) is 3.09. The molecule has 3 N–H and O–H groups in total. The molecule has 2 aromatic heterocycles. The molecule has 0 amide bonds. The molecular formula is C33H33N5O5. The van der Waals surface area contributed by atoms with E-state index in [1.54, 1.807) is 25.1 Å². The monoisotopic (exact) mass is 579 g/mol. The van der Waals surface area contributed by atoms with Gasteiger partial charge in [-0.2, -0.15) is 4.98 Å². The van der Waals surface area contributed by atoms with Gasteiger partial charge in [0, 0.05) is 6.54 Å². The fourth-order valence-electron chi connectivity index (χ4n) is 5.58. The number of imidazole rings is 1. The standard InChI is InChI=1S/C33H33N5O5/c1-32(17-22(19-42-32)18-38-21-35-28-29(38)36-31(34)37-30(28)39)20-43-33(23-7-5-4-6-8-23,24-9-13-26(40-2)14-10-24)25-11-15-27(41-3)16-12-25/h4-17,21H,18-20H2,1-3H3,(H3,34,36,37,39). The van der Waals surface area contributed by atoms with Crippen LogP contribution in [0.1, 0.15) is 23.6 Å². The summed E-state index contributed by atoms with van der Waals surface area (Å²) in [6.07, 6.45) is 3.67. The zero-order valence-corrected chi connectivity index (χ0v) is 24.2. The topological polar surface area (TPSA) is 127 Å². The van der Waals surface area contributed by atoms with Crippen LogP contribution >= 0.6 is 0 Å². The first-order valence-corrected chi connectivity index (χ1v) is 13.9. The third kappa shape index (κ3) is 5.38. The second-order valence-corrected chi connectivity index (χ2v) is 10.7. The lowest BCUT2D eigenvalue weighted by Gasteiger charge is -2.38. The Hall–Kier alpha value is -4.93. The Morgan fingerprint density at radius 2 is 1.56 bits per heavy atom. The van der Waals surface area contributed by atoms with E-state index in [1.165, 1.54) is 0 Å². The summed E-state index contributed by atoms with van der Waals surface area (Å²) in [5.74, 6) is 1.55. The number of methoxy groups -OCH3 is 2. The van der Waals surface area contributed by atoms with Gasteiger partial charge in [-0.3, -0.25) is 9.78 Å². The number of hydrogen-bond donors (Lipinski definition) is 2. The number of rotatable bonds is 10. The number of aromatic amines is 1. The molecule has 0 bridgehead atoms. The van der Waals surface area contributed by atoms with Crippen LogP contribution in [0.5, 0.6) is 11.5 Å². The molecule has 10 heteroatoms. The van der Waals surface area contributed by atoms with Crippen LogP contribution in [0.15, 0.2) is 102 Å². The van der Waals surface area contributed by atoms with E-state index in [-0.39, 0.29) is 23.6 Å². The molecule has 0 saturated carbocycles. The van der Waals surface area contributed by atoms with Crippen LogP contribution in [0.25, 0.3) is 11.2 Å². The molecule has 3 aromatic carbocycles. The van der Waals surface area contributed by atoms with Crippen molar-refractivity contribution in [2.45, 2.75) is 24.7 Å². The number of anilines is 1. The highest BCUT2D eigenvalue weighted by atomic mass is 16.6. The Kier molecular flexibility index (Phi) is 7.47. The Labute approximate surface area is 248 Å². The number of aromatic nitrogens is 4. The van der Waals surface area contributed by atoms with E-state index in [0.29, 0.717) is 18.8 Å². The Morgan fingerprint density at radius 1 is 0.953 bits per heavy atom. The number of ether oxygens (including phenoxy) is 4. The maximum atomic E-state index is 12.2. The Bertz CT molecular complexity index is 1770. The molecule has 1 unspecified atom stereocenters. The van der Waals surface area contributed by atoms with Crippen molar-refractivity contribution in [2.75, 3.05) is 33.2 Å². The van der Waals surface area contributed by atoms with Crippen molar-refractivity contribution in [3.63, 3.8) is 0 Å². The van der Waals surface area contributed by atoms with Crippen LogP contribution in [-0.4, -0.2) is 52.6 Å². The molecule has 43 heavy (non-hydrogen) atoms. The van der Waals surface area contributed by atoms with E-state index in [2.05, 4.69) is 33.2 Å². The Balaban J connectivity index is 1.36. The van der Waals surface area contributed by atoms with Crippen molar-refractivity contribution in [1.82, 2.24) is 19.5 Å². The summed E-state index contributed by atoms with van der Waals surface area (Å²) < 4.78 is 26.1. The van der Waals surface area contributed by atoms with Crippen LogP contribution in [0.2, 0.25) is 0 Å². The fraction of sp³-hybridized carbons (Fsp3) is 0.242. The van der Waals surface area contributed by atoms with Gasteiger partial charge >= 0.3 is 0 Å². The van der Waals surface area contributed by atoms with Crippen LogP contribution < -0.4 is 20.8 Å². The molecule has 1 aliphatic rings. The number of nitrogens with one attached hydrogen (secondary N) is 1. The molecule has 10 nitrogen and oxygen atoms in total. The van der Waals surface area contributed by atoms with Gasteiger partial charge in [-0.1, -0.05) is 54.6 Å². The highest BCUT2D eigenvalue weighted by Gasteiger charge is 2.41. The van der Waals surface area contributed by atoms with Gasteiger partial charge in [0.05, 0.1) is 33.8 Å². The number of nitrogen functional groups attached to an aromatic ring is 1. The van der Waals surface area contributed by atoms with E-state index in [9.17, 15) is 4.79 Å². The molecule has 1 aliphatic heterocycles. The van der Waals surface area contributed by atoms with E-state index < -0.39 is 11.2 Å². The average Bonchev–Trinajstić information content (AvgIpc) is 3.61. The first-order valence-electron chi connectivity index (χ1n) is 13.9. The molecular weight excluding hydrogens is 546 g/mol. The second-order valence-electron chi connectivity index (χ2n) is 10.7. The minimum absolute atomic E-state index is 0.0449. The summed E-state index contributed by atoms with van der Waals surface area (Å²) in [4.78, 5) is 23.2. The van der Waals surface area contributed by atoms with Gasteiger partial charge in [0.25, 0.3) is 5.56 Å². The smallest absolute Gasteiger partial charge is 0.280 e. The molecule has 0 radical (unpaired) electrons. The summed E-state index contributed by atoms with van der Waals surface area (Å²) in [6, 6.07) is 26.0. The zero-order chi connectivity index (χ0) is 30.0. The molecule has 0 aliphatic carbocycles. The predicted molar refractivity (Wildman–Crippen MR) is 163 cm³/mol. The number of nitrogens with zero attached hydrogens (tertiary/aromatic N) is 3. The molecule has 1 atom stereocenters.